The van der Waals surface area contributed by atoms with Crippen LogP contribution in [0.5, 0.6) is 5.88 Å². The lowest BCUT2D eigenvalue weighted by molar-refractivity contribution is 0.0270. The summed E-state index contributed by atoms with van der Waals surface area (Å²) in [6.45, 7) is 6.76. The van der Waals surface area contributed by atoms with Gasteiger partial charge in [0, 0.05) is 36.1 Å². The van der Waals surface area contributed by atoms with E-state index in [0.29, 0.717) is 19.0 Å². The van der Waals surface area contributed by atoms with Crippen molar-refractivity contribution in [2.75, 3.05) is 25.5 Å². The summed E-state index contributed by atoms with van der Waals surface area (Å²) in [5.41, 5.74) is 5.25. The van der Waals surface area contributed by atoms with Gasteiger partial charge in [-0.1, -0.05) is 6.08 Å². The molecule has 0 spiro atoms. The van der Waals surface area contributed by atoms with Gasteiger partial charge >= 0.3 is 6.09 Å². The van der Waals surface area contributed by atoms with Crippen LogP contribution in [0.4, 0.5) is 16.2 Å². The van der Waals surface area contributed by atoms with Gasteiger partial charge in [0.05, 0.1) is 23.7 Å². The summed E-state index contributed by atoms with van der Waals surface area (Å²) in [6, 6.07) is 10.0. The Kier molecular flexibility index (Phi) is 5.39. The number of aromatic nitrogens is 4. The molecule has 3 aromatic heterocycles. The molecule has 0 saturated carbocycles. The Bertz CT molecular complexity index is 1390. The van der Waals surface area contributed by atoms with Gasteiger partial charge in [0.15, 0.2) is 0 Å². The predicted molar refractivity (Wildman–Crippen MR) is 132 cm³/mol. The third-order valence-corrected chi connectivity index (χ3v) is 5.74. The number of rotatable bonds is 4. The number of methoxy groups -OCH3 is 1. The molecule has 9 nitrogen and oxygen atoms in total. The molecule has 0 aliphatic carbocycles. The highest BCUT2D eigenvalue weighted by atomic mass is 16.6. The molecule has 176 valence electrons. The summed E-state index contributed by atoms with van der Waals surface area (Å²) < 4.78 is 10.8. The van der Waals surface area contributed by atoms with E-state index in [0.717, 1.165) is 51.0 Å². The number of pyridine rings is 1. The summed E-state index contributed by atoms with van der Waals surface area (Å²) >= 11 is 0. The predicted octanol–water partition coefficient (Wildman–Crippen LogP) is 5.22. The molecule has 4 heterocycles. The fourth-order valence-corrected chi connectivity index (χ4v) is 4.09. The van der Waals surface area contributed by atoms with Crippen molar-refractivity contribution in [1.29, 1.82) is 0 Å². The van der Waals surface area contributed by atoms with Crippen molar-refractivity contribution in [3.63, 3.8) is 0 Å². The Morgan fingerprint density at radius 1 is 1.18 bits per heavy atom. The maximum Gasteiger partial charge on any atom is 0.410 e. The van der Waals surface area contributed by atoms with E-state index in [9.17, 15) is 4.79 Å². The molecule has 4 aromatic rings. The minimum atomic E-state index is -0.499. The number of H-pyrrole nitrogens is 2. The average Bonchev–Trinajstić information content (AvgIpc) is 3.42. The van der Waals surface area contributed by atoms with Crippen molar-refractivity contribution in [2.45, 2.75) is 32.8 Å². The minimum absolute atomic E-state index is 0.279. The van der Waals surface area contributed by atoms with Crippen LogP contribution < -0.4 is 10.1 Å². The zero-order valence-electron chi connectivity index (χ0n) is 19.7. The second kappa shape index (κ2) is 8.40. The van der Waals surface area contributed by atoms with Gasteiger partial charge in [0.25, 0.3) is 0 Å². The molecule has 5 rings (SSSR count). The second-order valence-electron chi connectivity index (χ2n) is 9.33. The third kappa shape index (κ3) is 4.28. The molecule has 0 atom stereocenters. The van der Waals surface area contributed by atoms with Gasteiger partial charge < -0.3 is 24.7 Å². The third-order valence-electron chi connectivity index (χ3n) is 5.74. The van der Waals surface area contributed by atoms with Crippen LogP contribution in [-0.4, -0.2) is 57.0 Å². The summed E-state index contributed by atoms with van der Waals surface area (Å²) in [5, 5.41) is 12.5. The molecule has 9 heteroatoms. The zero-order chi connectivity index (χ0) is 23.9. The second-order valence-corrected chi connectivity index (χ2v) is 9.33. The van der Waals surface area contributed by atoms with Crippen LogP contribution in [0, 0.1) is 0 Å². The molecule has 1 aliphatic rings. The number of amides is 1. The van der Waals surface area contributed by atoms with Gasteiger partial charge in [-0.2, -0.15) is 0 Å². The Balaban J connectivity index is 1.38. The van der Waals surface area contributed by atoms with Crippen LogP contribution in [0.25, 0.3) is 27.5 Å². The van der Waals surface area contributed by atoms with E-state index in [4.69, 9.17) is 9.47 Å². The van der Waals surface area contributed by atoms with Gasteiger partial charge in [-0.05, 0) is 63.1 Å². The zero-order valence-corrected chi connectivity index (χ0v) is 19.7. The molecule has 0 fully saturated rings. The molecule has 3 N–H and O–H groups in total. The SMILES string of the molecule is COc1n[nH]c2ccc(Nc3ccnc4[nH]c(C5=CCN(C(=O)OC(C)(C)C)CC5)cc34)cc12. The van der Waals surface area contributed by atoms with Crippen LogP contribution in [-0.2, 0) is 4.74 Å². The molecule has 1 aliphatic heterocycles. The fraction of sp³-hybridized carbons (Fsp3) is 0.320. The normalized spacial score (nSPS) is 14.4. The molecule has 1 aromatic carbocycles. The molecule has 0 unspecified atom stereocenters. The number of nitrogens with zero attached hydrogens (tertiary/aromatic N) is 3. The van der Waals surface area contributed by atoms with Crippen LogP contribution >= 0.6 is 0 Å². The number of anilines is 2. The Labute approximate surface area is 197 Å². The first-order valence-electron chi connectivity index (χ1n) is 11.2. The summed E-state index contributed by atoms with van der Waals surface area (Å²) in [6.07, 6.45) is 4.32. The highest BCUT2D eigenvalue weighted by Crippen LogP contribution is 2.32. The number of nitrogens with one attached hydrogen (secondary N) is 3. The molecule has 0 bridgehead atoms. The molecular formula is C25H28N6O3. The van der Waals surface area contributed by atoms with Crippen molar-refractivity contribution in [3.05, 3.63) is 48.3 Å². The number of carbonyl (C=O) groups excluding carboxylic acids is 1. The fourth-order valence-electron chi connectivity index (χ4n) is 4.09. The lowest BCUT2D eigenvalue weighted by Gasteiger charge is -2.29. The summed E-state index contributed by atoms with van der Waals surface area (Å²) in [5.74, 6) is 0.562. The first kappa shape index (κ1) is 21.8. The van der Waals surface area contributed by atoms with Crippen molar-refractivity contribution in [3.8, 4) is 5.88 Å². The monoisotopic (exact) mass is 460 g/mol. The Hall–Kier alpha value is -4.01. The molecular weight excluding hydrogens is 432 g/mol. The summed E-state index contributed by atoms with van der Waals surface area (Å²) in [7, 11) is 1.61. The topological polar surface area (TPSA) is 108 Å². The van der Waals surface area contributed by atoms with E-state index in [1.165, 1.54) is 0 Å². The maximum atomic E-state index is 12.4. The lowest BCUT2D eigenvalue weighted by Crippen LogP contribution is -2.39. The maximum absolute atomic E-state index is 12.4. The van der Waals surface area contributed by atoms with Crippen LogP contribution in [0.2, 0.25) is 0 Å². The van der Waals surface area contributed by atoms with Crippen molar-refractivity contribution in [1.82, 2.24) is 25.1 Å². The van der Waals surface area contributed by atoms with Crippen LogP contribution in [0.15, 0.2) is 42.6 Å². The summed E-state index contributed by atoms with van der Waals surface area (Å²) in [4.78, 5) is 22.0. The Morgan fingerprint density at radius 2 is 2.03 bits per heavy atom. The smallest absolute Gasteiger partial charge is 0.410 e. The van der Waals surface area contributed by atoms with E-state index < -0.39 is 5.60 Å². The van der Waals surface area contributed by atoms with Gasteiger partial charge in [0.1, 0.15) is 11.2 Å². The van der Waals surface area contributed by atoms with Crippen LogP contribution in [0.1, 0.15) is 32.9 Å². The van der Waals surface area contributed by atoms with Gasteiger partial charge in [-0.25, -0.2) is 9.78 Å². The van der Waals surface area contributed by atoms with Gasteiger partial charge in [-0.3, -0.25) is 5.10 Å². The number of hydrogen-bond donors (Lipinski definition) is 3. The highest BCUT2D eigenvalue weighted by Gasteiger charge is 2.24. The quantitative estimate of drug-likeness (QED) is 0.386. The number of fused-ring (bicyclic) bond motifs is 2. The van der Waals surface area contributed by atoms with Crippen molar-refractivity contribution >= 4 is 45.0 Å². The molecule has 0 saturated heterocycles. The first-order chi connectivity index (χ1) is 16.3. The molecule has 1 amide bonds. The number of hydrogen-bond acceptors (Lipinski definition) is 6. The number of benzene rings is 1. The van der Waals surface area contributed by atoms with Crippen molar-refractivity contribution < 1.29 is 14.3 Å². The standard InChI is InChI=1S/C25H28N6O3/c1-25(2,3)34-24(32)31-11-8-15(9-12-31)21-14-17-19(7-10-26-22(17)28-21)27-16-5-6-20-18(13-16)23(33-4)30-29-20/h5-8,10,13-14H,9,11-12H2,1-4H3,(H,29,30)(H2,26,27,28). The van der Waals surface area contributed by atoms with Gasteiger partial charge in [-0.15, -0.1) is 5.10 Å². The van der Waals surface area contributed by atoms with E-state index >= 15 is 0 Å². The van der Waals surface area contributed by atoms with Crippen LogP contribution in [0.3, 0.4) is 0 Å². The van der Waals surface area contributed by atoms with E-state index in [-0.39, 0.29) is 6.09 Å². The van der Waals surface area contributed by atoms with Gasteiger partial charge in [0.2, 0.25) is 5.88 Å². The van der Waals surface area contributed by atoms with E-state index in [1.54, 1.807) is 18.2 Å². The minimum Gasteiger partial charge on any atom is -0.480 e. The first-order valence-corrected chi connectivity index (χ1v) is 11.2. The number of carbonyl (C=O) groups is 1. The lowest BCUT2D eigenvalue weighted by atomic mass is 10.0. The highest BCUT2D eigenvalue weighted by molar-refractivity contribution is 5.95. The van der Waals surface area contributed by atoms with Crippen molar-refractivity contribution in [2.24, 2.45) is 0 Å². The molecule has 34 heavy (non-hydrogen) atoms. The Morgan fingerprint density at radius 3 is 2.76 bits per heavy atom. The average molecular weight is 461 g/mol. The largest absolute Gasteiger partial charge is 0.480 e. The molecule has 0 radical (unpaired) electrons. The number of aromatic amines is 2. The van der Waals surface area contributed by atoms with E-state index in [1.807, 2.05) is 45.0 Å². The number of ether oxygens (including phenoxy) is 2. The van der Waals surface area contributed by atoms with E-state index in [2.05, 4.69) is 37.6 Å².